The van der Waals surface area contributed by atoms with Crippen LogP contribution in [-0.2, 0) is 0 Å². The van der Waals surface area contributed by atoms with Crippen molar-refractivity contribution in [3.05, 3.63) is 21.8 Å². The van der Waals surface area contributed by atoms with Crippen molar-refractivity contribution in [1.82, 2.24) is 0 Å². The van der Waals surface area contributed by atoms with Crippen molar-refractivity contribution in [2.45, 2.75) is 0 Å². The summed E-state index contributed by atoms with van der Waals surface area (Å²) in [6.45, 7) is 0. The summed E-state index contributed by atoms with van der Waals surface area (Å²) < 4.78 is 1.35. The van der Waals surface area contributed by atoms with Gasteiger partial charge in [-0.1, -0.05) is 6.08 Å². The lowest BCUT2D eigenvalue weighted by atomic mass is 10.3. The van der Waals surface area contributed by atoms with Gasteiger partial charge in [-0.05, 0) is 34.7 Å². The van der Waals surface area contributed by atoms with Crippen molar-refractivity contribution in [3.63, 3.8) is 0 Å². The van der Waals surface area contributed by atoms with E-state index in [0.29, 0.717) is 0 Å². The molecule has 0 nitrogen and oxygen atoms in total. The van der Waals surface area contributed by atoms with Gasteiger partial charge in [0.25, 0.3) is 0 Å². The predicted molar refractivity (Wildman–Crippen MR) is 31.2 cm³/mol. The Morgan fingerprint density at radius 3 is 2.00 bits per heavy atom. The second-order valence-corrected chi connectivity index (χ2v) is 2.16. The highest BCUT2D eigenvalue weighted by atomic mass is 127. The summed E-state index contributed by atoms with van der Waals surface area (Å²) >= 11 is 2.27. The van der Waals surface area contributed by atoms with Crippen molar-refractivity contribution in [3.8, 4) is 0 Å². The van der Waals surface area contributed by atoms with Crippen LogP contribution in [0.5, 0.6) is 0 Å². The van der Waals surface area contributed by atoms with Gasteiger partial charge in [-0.25, -0.2) is 0 Å². The van der Waals surface area contributed by atoms with Crippen LogP contribution in [0.15, 0.2) is 21.8 Å². The first-order chi connectivity index (χ1) is 2.39. The maximum atomic E-state index is 2.27. The van der Waals surface area contributed by atoms with Gasteiger partial charge < -0.3 is 0 Å². The molecular weight excluding hydrogens is 175 g/mol. The van der Waals surface area contributed by atoms with Gasteiger partial charge in [0.2, 0.25) is 0 Å². The number of allylic oxidation sites excluding steroid dienone is 4. The van der Waals surface area contributed by atoms with E-state index in [4.69, 9.17) is 0 Å². The quantitative estimate of drug-likeness (QED) is 0.496. The lowest BCUT2D eigenvalue weighted by Crippen LogP contribution is -1.66. The average Bonchev–Trinajstić information content (AvgIpc) is 1.30. The molecule has 0 fully saturated rings. The fraction of sp³-hybridized carbons (Fsp3) is 0. The maximum absolute atomic E-state index is 2.27. The van der Waals surface area contributed by atoms with Crippen LogP contribution in [0, 0.1) is 0 Å². The fourth-order valence-corrected chi connectivity index (χ4v) is 0.584. The standard InChI is InChI=1S/C4H3I/c5-4-2-1-3-4/h1-3H. The molecule has 0 aromatic carbocycles. The van der Waals surface area contributed by atoms with Gasteiger partial charge in [-0.3, -0.25) is 0 Å². The molecule has 0 aliphatic heterocycles. The maximum Gasteiger partial charge on any atom is 0.0130 e. The summed E-state index contributed by atoms with van der Waals surface area (Å²) in [6, 6.07) is 0. The van der Waals surface area contributed by atoms with Crippen LogP contribution in [0.25, 0.3) is 0 Å². The summed E-state index contributed by atoms with van der Waals surface area (Å²) in [7, 11) is 0. The molecule has 0 spiro atoms. The zero-order chi connectivity index (χ0) is 3.70. The van der Waals surface area contributed by atoms with Crippen LogP contribution in [0.1, 0.15) is 0 Å². The molecule has 0 saturated heterocycles. The van der Waals surface area contributed by atoms with Crippen LogP contribution in [0.3, 0.4) is 0 Å². The average molecular weight is 178 g/mol. The number of rotatable bonds is 0. The van der Waals surface area contributed by atoms with E-state index >= 15 is 0 Å². The molecule has 26 valence electrons. The van der Waals surface area contributed by atoms with Gasteiger partial charge in [0.1, 0.15) is 0 Å². The molecule has 0 saturated carbocycles. The number of hydrogen-bond acceptors (Lipinski definition) is 0. The summed E-state index contributed by atoms with van der Waals surface area (Å²) in [5, 5.41) is 0. The second-order valence-electron chi connectivity index (χ2n) is 0.911. The Bertz CT molecular complexity index is 89.8. The van der Waals surface area contributed by atoms with E-state index < -0.39 is 0 Å². The molecule has 0 atom stereocenters. The third-order valence-electron chi connectivity index (χ3n) is 0.511. The van der Waals surface area contributed by atoms with Crippen LogP contribution in [0.2, 0.25) is 0 Å². The van der Waals surface area contributed by atoms with Crippen molar-refractivity contribution < 1.29 is 0 Å². The Kier molecular flexibility index (Phi) is 0.765. The second kappa shape index (κ2) is 1.12. The van der Waals surface area contributed by atoms with Crippen LogP contribution >= 0.6 is 22.6 Å². The van der Waals surface area contributed by atoms with E-state index in [1.165, 1.54) is 3.58 Å². The zero-order valence-electron chi connectivity index (χ0n) is 2.61. The van der Waals surface area contributed by atoms with Crippen LogP contribution < -0.4 is 0 Å². The third kappa shape index (κ3) is 0.533. The first-order valence-electron chi connectivity index (χ1n) is 1.43. The number of halogens is 1. The topological polar surface area (TPSA) is 0 Å². The van der Waals surface area contributed by atoms with E-state index in [1.807, 2.05) is 6.08 Å². The Morgan fingerprint density at radius 2 is 2.00 bits per heavy atom. The van der Waals surface area contributed by atoms with E-state index in [-0.39, 0.29) is 0 Å². The van der Waals surface area contributed by atoms with E-state index in [1.54, 1.807) is 0 Å². The van der Waals surface area contributed by atoms with Crippen LogP contribution in [0.4, 0.5) is 0 Å². The predicted octanol–water partition coefficient (Wildman–Crippen LogP) is 1.88. The summed E-state index contributed by atoms with van der Waals surface area (Å²) in [5.41, 5.74) is 0. The molecule has 0 amide bonds. The largest absolute Gasteiger partial charge is 0.0602 e. The van der Waals surface area contributed by atoms with Gasteiger partial charge in [0, 0.05) is 3.58 Å². The minimum absolute atomic E-state index is 1.35. The highest BCUT2D eigenvalue weighted by molar-refractivity contribution is 14.1. The normalized spacial score (nSPS) is 17.4. The SMILES string of the molecule is IC1=CC=C1. The zero-order valence-corrected chi connectivity index (χ0v) is 4.77. The van der Waals surface area contributed by atoms with Gasteiger partial charge in [-0.2, -0.15) is 0 Å². The fourth-order valence-electron chi connectivity index (χ4n) is 0.169. The van der Waals surface area contributed by atoms with Crippen molar-refractivity contribution in [2.24, 2.45) is 0 Å². The van der Waals surface area contributed by atoms with Crippen molar-refractivity contribution in [2.75, 3.05) is 0 Å². The number of hydrogen-bond donors (Lipinski definition) is 0. The Labute approximate surface area is 44.7 Å². The van der Waals surface area contributed by atoms with Gasteiger partial charge in [0.05, 0.1) is 0 Å². The van der Waals surface area contributed by atoms with Gasteiger partial charge in [0.15, 0.2) is 0 Å². The van der Waals surface area contributed by atoms with E-state index in [2.05, 4.69) is 34.7 Å². The molecule has 1 aliphatic carbocycles. The summed E-state index contributed by atoms with van der Waals surface area (Å²) in [5.74, 6) is 0. The highest BCUT2D eigenvalue weighted by Crippen LogP contribution is 2.14. The van der Waals surface area contributed by atoms with E-state index in [0.717, 1.165) is 0 Å². The third-order valence-corrected chi connectivity index (χ3v) is 1.23. The summed E-state index contributed by atoms with van der Waals surface area (Å²) in [4.78, 5) is 0. The van der Waals surface area contributed by atoms with Crippen LogP contribution in [-0.4, -0.2) is 0 Å². The molecule has 0 aromatic heterocycles. The molecule has 0 bridgehead atoms. The molecule has 1 heteroatoms. The van der Waals surface area contributed by atoms with Gasteiger partial charge in [-0.15, -0.1) is 0 Å². The highest BCUT2D eigenvalue weighted by Gasteiger charge is 1.84. The molecule has 0 radical (unpaired) electrons. The molecule has 0 aromatic rings. The minimum Gasteiger partial charge on any atom is -0.0602 e. The molecule has 0 unspecified atom stereocenters. The Hall–Kier alpha value is 0.210. The first kappa shape index (κ1) is 3.40. The molecule has 0 heterocycles. The van der Waals surface area contributed by atoms with Crippen molar-refractivity contribution >= 4 is 22.6 Å². The lowest BCUT2D eigenvalue weighted by molar-refractivity contribution is 1.79. The molecular formula is C4H3I. The van der Waals surface area contributed by atoms with E-state index in [9.17, 15) is 0 Å². The van der Waals surface area contributed by atoms with Gasteiger partial charge >= 0.3 is 0 Å². The molecule has 1 rings (SSSR count). The lowest BCUT2D eigenvalue weighted by Gasteiger charge is -1.90. The first-order valence-corrected chi connectivity index (χ1v) is 2.51. The summed E-state index contributed by atoms with van der Waals surface area (Å²) in [6.07, 6.45) is 6.17. The molecule has 0 N–H and O–H groups in total. The Morgan fingerprint density at radius 1 is 1.60 bits per heavy atom. The molecule has 1 aliphatic rings. The molecule has 5 heavy (non-hydrogen) atoms. The smallest absolute Gasteiger partial charge is 0.0130 e. The minimum atomic E-state index is 1.35. The van der Waals surface area contributed by atoms with Crippen molar-refractivity contribution in [1.29, 1.82) is 0 Å². The Balaban J connectivity index is 2.60. The monoisotopic (exact) mass is 178 g/mol.